The summed E-state index contributed by atoms with van der Waals surface area (Å²) >= 11 is 0. The molecule has 0 aromatic carbocycles. The van der Waals surface area contributed by atoms with E-state index in [0.717, 1.165) is 0 Å². The minimum absolute atomic E-state index is 0.0413. The third kappa shape index (κ3) is 5.92. The molecule has 0 bridgehead atoms. The van der Waals surface area contributed by atoms with Gasteiger partial charge in [0.05, 0.1) is 18.6 Å². The van der Waals surface area contributed by atoms with Crippen molar-refractivity contribution < 1.29 is 29.5 Å². The van der Waals surface area contributed by atoms with Gasteiger partial charge < -0.3 is 15.2 Å². The third-order valence-electron chi connectivity index (χ3n) is 2.39. The van der Waals surface area contributed by atoms with Crippen LogP contribution < -0.4 is 11.0 Å². The van der Waals surface area contributed by atoms with Crippen LogP contribution in [0, 0.1) is 5.92 Å². The van der Waals surface area contributed by atoms with Gasteiger partial charge in [0.25, 0.3) is 0 Å². The monoisotopic (exact) mass is 264 g/mol. The second kappa shape index (κ2) is 8.81. The summed E-state index contributed by atoms with van der Waals surface area (Å²) in [5, 5.41) is 19.3. The largest absolute Gasteiger partial charge is 0.480 e. The number of hydrogen-bond donors (Lipinski definition) is 4. The van der Waals surface area contributed by atoms with Crippen molar-refractivity contribution in [1.29, 1.82) is 0 Å². The maximum atomic E-state index is 11.7. The van der Waals surface area contributed by atoms with E-state index in [9.17, 15) is 9.59 Å². The topological polar surface area (TPSA) is 117 Å². The minimum Gasteiger partial charge on any atom is -0.480 e. The number of aliphatic carboxylic acids is 1. The van der Waals surface area contributed by atoms with Gasteiger partial charge in [-0.25, -0.2) is 0 Å². The van der Waals surface area contributed by atoms with E-state index in [1.807, 2.05) is 0 Å². The summed E-state index contributed by atoms with van der Waals surface area (Å²) in [6, 6.07) is -0.973. The van der Waals surface area contributed by atoms with Crippen molar-refractivity contribution >= 4 is 11.9 Å². The predicted octanol–water partition coefficient (Wildman–Crippen LogP) is -0.473. The van der Waals surface area contributed by atoms with Gasteiger partial charge in [-0.2, -0.15) is 0 Å². The predicted molar refractivity (Wildman–Crippen MR) is 60.7 cm³/mol. The number of ether oxygens (including phenoxy) is 1. The zero-order valence-corrected chi connectivity index (χ0v) is 10.7. The molecule has 0 heterocycles. The van der Waals surface area contributed by atoms with Gasteiger partial charge in [0.2, 0.25) is 5.91 Å². The van der Waals surface area contributed by atoms with Gasteiger partial charge in [0.1, 0.15) is 6.04 Å². The average Bonchev–Trinajstić information content (AvgIpc) is 2.33. The lowest BCUT2D eigenvalue weighted by atomic mass is 10.0. The van der Waals surface area contributed by atoms with E-state index in [1.54, 1.807) is 13.8 Å². The molecule has 0 aliphatic rings. The Bertz CT molecular complexity index is 273. The van der Waals surface area contributed by atoms with Crippen LogP contribution in [-0.4, -0.2) is 47.5 Å². The first kappa shape index (κ1) is 16.8. The number of nitrogens with one attached hydrogen (secondary N) is 2. The molecule has 0 radical (unpaired) electrons. The van der Waals surface area contributed by atoms with E-state index in [4.69, 9.17) is 15.1 Å². The molecule has 0 aromatic rings. The van der Waals surface area contributed by atoms with Crippen LogP contribution in [0.3, 0.4) is 0 Å². The molecule has 0 aromatic heterocycles. The van der Waals surface area contributed by atoms with E-state index in [-0.39, 0.29) is 6.61 Å². The molecule has 18 heavy (non-hydrogen) atoms. The lowest BCUT2D eigenvalue weighted by Crippen LogP contribution is -2.45. The highest BCUT2D eigenvalue weighted by Gasteiger charge is 2.27. The third-order valence-corrected chi connectivity index (χ3v) is 2.39. The maximum absolute atomic E-state index is 11.7. The summed E-state index contributed by atoms with van der Waals surface area (Å²) in [7, 11) is 0. The Morgan fingerprint density at radius 1 is 1.33 bits per heavy atom. The highest BCUT2D eigenvalue weighted by atomic mass is 16.8. The van der Waals surface area contributed by atoms with E-state index < -0.39 is 29.9 Å². The first-order chi connectivity index (χ1) is 8.43. The molecule has 3 unspecified atom stereocenters. The van der Waals surface area contributed by atoms with Crippen molar-refractivity contribution in [3.63, 3.8) is 0 Å². The molecule has 0 rings (SSSR count). The minimum atomic E-state index is -1.11. The van der Waals surface area contributed by atoms with Crippen molar-refractivity contribution in [2.45, 2.75) is 32.9 Å². The van der Waals surface area contributed by atoms with Crippen LogP contribution in [0.15, 0.2) is 0 Å². The molecule has 8 nitrogen and oxygen atoms in total. The molecular formula is C10H20N2O6. The highest BCUT2D eigenvalue weighted by Crippen LogP contribution is 2.09. The van der Waals surface area contributed by atoms with Gasteiger partial charge in [-0.1, -0.05) is 12.6 Å². The molecule has 1 amide bonds. The second-order valence-electron chi connectivity index (χ2n) is 3.75. The Balaban J connectivity index is 4.40. The zero-order chi connectivity index (χ0) is 14.1. The highest BCUT2D eigenvalue weighted by molar-refractivity contribution is 5.84. The number of amides is 1. The van der Waals surface area contributed by atoms with Crippen LogP contribution in [0.1, 0.15) is 20.8 Å². The van der Waals surface area contributed by atoms with Crippen molar-refractivity contribution in [2.75, 3.05) is 13.2 Å². The number of hydrogen-bond acceptors (Lipinski definition) is 6. The fourth-order valence-corrected chi connectivity index (χ4v) is 1.25. The van der Waals surface area contributed by atoms with Crippen LogP contribution in [0.2, 0.25) is 0 Å². The first-order valence-corrected chi connectivity index (χ1v) is 5.59. The van der Waals surface area contributed by atoms with Gasteiger partial charge in [-0.3, -0.25) is 19.6 Å². The van der Waals surface area contributed by atoms with E-state index >= 15 is 0 Å². The number of carboxylic acids is 1. The van der Waals surface area contributed by atoms with Crippen molar-refractivity contribution in [2.24, 2.45) is 5.92 Å². The SMILES string of the molecule is CCOC(CONO)C(C)C(=O)NC(C)C(=O)O. The Kier molecular flexibility index (Phi) is 8.21. The molecule has 0 aliphatic heterocycles. The summed E-state index contributed by atoms with van der Waals surface area (Å²) in [6.45, 7) is 5.04. The summed E-state index contributed by atoms with van der Waals surface area (Å²) in [5.41, 5.74) is 1.50. The molecule has 0 aliphatic carbocycles. The van der Waals surface area contributed by atoms with E-state index in [2.05, 4.69) is 10.2 Å². The van der Waals surface area contributed by atoms with Gasteiger partial charge in [0.15, 0.2) is 0 Å². The molecule has 0 saturated carbocycles. The quantitative estimate of drug-likeness (QED) is 0.416. The normalized spacial score (nSPS) is 15.8. The fourth-order valence-electron chi connectivity index (χ4n) is 1.25. The van der Waals surface area contributed by atoms with Crippen molar-refractivity contribution in [1.82, 2.24) is 11.0 Å². The van der Waals surface area contributed by atoms with Gasteiger partial charge in [-0.15, -0.1) is 0 Å². The number of carboxylic acid groups (broad SMARTS) is 1. The van der Waals surface area contributed by atoms with Crippen LogP contribution in [-0.2, 0) is 19.2 Å². The smallest absolute Gasteiger partial charge is 0.325 e. The zero-order valence-electron chi connectivity index (χ0n) is 10.7. The van der Waals surface area contributed by atoms with Gasteiger partial charge in [0, 0.05) is 6.61 Å². The molecule has 0 saturated heterocycles. The standard InChI is InChI=1S/C10H20N2O6/c1-4-17-8(5-18-12-16)6(2)9(13)11-7(3)10(14)15/h6-8,12,16H,4-5H2,1-3H3,(H,11,13)(H,14,15). The van der Waals surface area contributed by atoms with Gasteiger partial charge in [-0.05, 0) is 13.8 Å². The Morgan fingerprint density at radius 3 is 2.39 bits per heavy atom. The van der Waals surface area contributed by atoms with Crippen LogP contribution >= 0.6 is 0 Å². The fraction of sp³-hybridized carbons (Fsp3) is 0.800. The molecule has 3 atom stereocenters. The molecule has 8 heteroatoms. The van der Waals surface area contributed by atoms with E-state index in [1.165, 1.54) is 12.6 Å². The van der Waals surface area contributed by atoms with E-state index in [0.29, 0.717) is 6.61 Å². The number of rotatable bonds is 9. The van der Waals surface area contributed by atoms with Crippen LogP contribution in [0.5, 0.6) is 0 Å². The summed E-state index contributed by atoms with van der Waals surface area (Å²) in [6.07, 6.45) is -0.587. The molecule has 0 fully saturated rings. The maximum Gasteiger partial charge on any atom is 0.325 e. The molecule has 106 valence electrons. The summed E-state index contributed by atoms with van der Waals surface area (Å²) in [5.74, 6) is -2.18. The lowest BCUT2D eigenvalue weighted by Gasteiger charge is -2.23. The number of carbonyl (C=O) groups excluding carboxylic acids is 1. The Hall–Kier alpha value is -1.22. The molecular weight excluding hydrogens is 244 g/mol. The summed E-state index contributed by atoms with van der Waals surface area (Å²) < 4.78 is 5.28. The van der Waals surface area contributed by atoms with Crippen LogP contribution in [0.25, 0.3) is 0 Å². The Morgan fingerprint density at radius 2 is 1.94 bits per heavy atom. The molecule has 0 spiro atoms. The molecule has 4 N–H and O–H groups in total. The van der Waals surface area contributed by atoms with Crippen molar-refractivity contribution in [3.8, 4) is 0 Å². The summed E-state index contributed by atoms with van der Waals surface area (Å²) in [4.78, 5) is 26.9. The first-order valence-electron chi connectivity index (χ1n) is 5.59. The Labute approximate surface area is 105 Å². The second-order valence-corrected chi connectivity index (χ2v) is 3.75. The lowest BCUT2D eigenvalue weighted by molar-refractivity contribution is -0.165. The number of carbonyl (C=O) groups is 2. The van der Waals surface area contributed by atoms with Crippen LogP contribution in [0.4, 0.5) is 0 Å². The van der Waals surface area contributed by atoms with Crippen molar-refractivity contribution in [3.05, 3.63) is 0 Å². The average molecular weight is 264 g/mol. The van der Waals surface area contributed by atoms with Gasteiger partial charge >= 0.3 is 5.97 Å².